The molecule has 1 rings (SSSR count). The number of carbonyl (C=O) groups is 2. The van der Waals surface area contributed by atoms with Gasteiger partial charge in [-0.15, -0.1) is 0 Å². The molecule has 0 atom stereocenters. The summed E-state index contributed by atoms with van der Waals surface area (Å²) in [7, 11) is 1.74. The number of methoxy groups -OCH3 is 1. The predicted octanol–water partition coefficient (Wildman–Crippen LogP) is 4.65. The van der Waals surface area contributed by atoms with E-state index in [9.17, 15) is 9.59 Å². The van der Waals surface area contributed by atoms with E-state index in [1.54, 1.807) is 7.11 Å². The molecule has 0 saturated heterocycles. The number of ether oxygens (including phenoxy) is 1. The lowest BCUT2D eigenvalue weighted by atomic mass is 10.1. The van der Waals surface area contributed by atoms with E-state index in [4.69, 9.17) is 9.84 Å². The molecule has 1 amide bonds. The van der Waals surface area contributed by atoms with Gasteiger partial charge < -0.3 is 14.7 Å². The molecule has 0 unspecified atom stereocenters. The Bertz CT molecular complexity index is 518. The molecule has 27 heavy (non-hydrogen) atoms. The van der Waals surface area contributed by atoms with Gasteiger partial charge in [-0.1, -0.05) is 75.3 Å². The van der Waals surface area contributed by atoms with E-state index < -0.39 is 5.97 Å². The minimum absolute atomic E-state index is 0.0700. The molecule has 0 aromatic heterocycles. The van der Waals surface area contributed by atoms with Crippen LogP contribution in [0.2, 0.25) is 0 Å². The van der Waals surface area contributed by atoms with Crippen LogP contribution in [0.25, 0.3) is 0 Å². The van der Waals surface area contributed by atoms with E-state index in [0.717, 1.165) is 37.9 Å². The average molecular weight is 378 g/mol. The zero-order chi connectivity index (χ0) is 19.7. The molecular weight excluding hydrogens is 342 g/mol. The lowest BCUT2D eigenvalue weighted by Crippen LogP contribution is -2.35. The van der Waals surface area contributed by atoms with Crippen molar-refractivity contribution < 1.29 is 19.4 Å². The van der Waals surface area contributed by atoms with Crippen molar-refractivity contribution in [3.05, 3.63) is 35.9 Å². The van der Waals surface area contributed by atoms with Gasteiger partial charge in [0.2, 0.25) is 5.91 Å². The van der Waals surface area contributed by atoms with E-state index in [1.807, 2.05) is 30.3 Å². The maximum atomic E-state index is 12.4. The molecule has 0 aliphatic rings. The summed E-state index contributed by atoms with van der Waals surface area (Å²) >= 11 is 0. The highest BCUT2D eigenvalue weighted by Gasteiger charge is 2.16. The first-order chi connectivity index (χ1) is 13.1. The van der Waals surface area contributed by atoms with Crippen molar-refractivity contribution in [1.29, 1.82) is 0 Å². The van der Waals surface area contributed by atoms with E-state index in [0.29, 0.717) is 13.0 Å². The van der Waals surface area contributed by atoms with Crippen LogP contribution >= 0.6 is 0 Å². The van der Waals surface area contributed by atoms with Crippen molar-refractivity contribution >= 4 is 11.9 Å². The van der Waals surface area contributed by atoms with Gasteiger partial charge in [-0.25, -0.2) is 0 Å². The van der Waals surface area contributed by atoms with Crippen LogP contribution in [-0.4, -0.2) is 42.1 Å². The van der Waals surface area contributed by atoms with Gasteiger partial charge >= 0.3 is 5.97 Å². The zero-order valence-electron chi connectivity index (χ0n) is 16.7. The molecule has 5 heteroatoms. The normalized spacial score (nSPS) is 10.7. The Morgan fingerprint density at radius 1 is 0.889 bits per heavy atom. The number of unbranched alkanes of at least 4 members (excludes halogenated alkanes) is 8. The van der Waals surface area contributed by atoms with Crippen LogP contribution in [0.3, 0.4) is 0 Å². The van der Waals surface area contributed by atoms with Crippen molar-refractivity contribution in [3.8, 4) is 0 Å². The van der Waals surface area contributed by atoms with Gasteiger partial charge in [-0.2, -0.15) is 0 Å². The summed E-state index contributed by atoms with van der Waals surface area (Å²) in [6, 6.07) is 9.54. The molecule has 1 N–H and O–H groups in total. The van der Waals surface area contributed by atoms with Crippen LogP contribution in [0, 0.1) is 0 Å². The largest absolute Gasteiger partial charge is 0.480 e. The molecular formula is C22H35NO4. The van der Waals surface area contributed by atoms with E-state index in [-0.39, 0.29) is 12.5 Å². The van der Waals surface area contributed by atoms with Crippen molar-refractivity contribution in [2.24, 2.45) is 0 Å². The van der Waals surface area contributed by atoms with Crippen LogP contribution in [-0.2, 0) is 20.9 Å². The molecule has 0 bridgehead atoms. The summed E-state index contributed by atoms with van der Waals surface area (Å²) in [4.78, 5) is 24.9. The first-order valence-corrected chi connectivity index (χ1v) is 10.2. The Hall–Kier alpha value is -1.88. The average Bonchev–Trinajstić information content (AvgIpc) is 2.66. The third kappa shape index (κ3) is 12.2. The summed E-state index contributed by atoms with van der Waals surface area (Å²) in [5, 5.41) is 9.07. The molecule has 0 radical (unpaired) electrons. The smallest absolute Gasteiger partial charge is 0.323 e. The molecule has 0 saturated carbocycles. The van der Waals surface area contributed by atoms with Crippen molar-refractivity contribution in [2.45, 2.75) is 70.8 Å². The second-order valence-corrected chi connectivity index (χ2v) is 7.05. The van der Waals surface area contributed by atoms with Gasteiger partial charge in [-0.05, 0) is 18.4 Å². The molecule has 152 valence electrons. The number of hydrogen-bond donors (Lipinski definition) is 1. The third-order valence-corrected chi connectivity index (χ3v) is 4.63. The van der Waals surface area contributed by atoms with Gasteiger partial charge in [0.1, 0.15) is 6.54 Å². The maximum Gasteiger partial charge on any atom is 0.323 e. The number of hydrogen-bond acceptors (Lipinski definition) is 3. The highest BCUT2D eigenvalue weighted by molar-refractivity contribution is 5.81. The number of carbonyl (C=O) groups excluding carboxylic acids is 1. The zero-order valence-corrected chi connectivity index (χ0v) is 16.7. The number of aliphatic carboxylic acids is 1. The third-order valence-electron chi connectivity index (χ3n) is 4.63. The monoisotopic (exact) mass is 377 g/mol. The Labute approximate surface area is 163 Å². The SMILES string of the molecule is COCCCCCCCCCCCC(=O)N(CC(=O)O)Cc1ccccc1. The minimum Gasteiger partial charge on any atom is -0.480 e. The summed E-state index contributed by atoms with van der Waals surface area (Å²) < 4.78 is 5.04. The standard InChI is InChI=1S/C22H35NO4/c1-27-17-13-8-6-4-2-3-5-7-12-16-21(24)23(19-22(25)26)18-20-14-10-9-11-15-20/h9-11,14-15H,2-8,12-13,16-19H2,1H3,(H,25,26). The quantitative estimate of drug-likeness (QED) is 0.426. The van der Waals surface area contributed by atoms with E-state index in [2.05, 4.69) is 0 Å². The fourth-order valence-corrected chi connectivity index (χ4v) is 3.12. The predicted molar refractivity (Wildman–Crippen MR) is 108 cm³/mol. The van der Waals surface area contributed by atoms with E-state index in [1.165, 1.54) is 37.0 Å². The lowest BCUT2D eigenvalue weighted by Gasteiger charge is -2.21. The first kappa shape index (κ1) is 23.2. The lowest BCUT2D eigenvalue weighted by molar-refractivity contribution is -0.145. The number of benzene rings is 1. The van der Waals surface area contributed by atoms with Gasteiger partial charge in [0, 0.05) is 26.7 Å². The summed E-state index contributed by atoms with van der Waals surface area (Å²) in [6.45, 7) is 0.975. The number of carboxylic acid groups (broad SMARTS) is 1. The minimum atomic E-state index is -0.968. The fraction of sp³-hybridized carbons (Fsp3) is 0.636. The highest BCUT2D eigenvalue weighted by atomic mass is 16.5. The van der Waals surface area contributed by atoms with Gasteiger partial charge in [0.25, 0.3) is 0 Å². The molecule has 0 heterocycles. The summed E-state index contributed by atoms with van der Waals surface area (Å²) in [5.41, 5.74) is 0.956. The fourth-order valence-electron chi connectivity index (χ4n) is 3.12. The van der Waals surface area contributed by atoms with Crippen LogP contribution < -0.4 is 0 Å². The Balaban J connectivity index is 2.15. The van der Waals surface area contributed by atoms with Gasteiger partial charge in [-0.3, -0.25) is 9.59 Å². The Kier molecular flexibility index (Phi) is 13.0. The van der Waals surface area contributed by atoms with Crippen LogP contribution in [0.1, 0.15) is 69.8 Å². The van der Waals surface area contributed by atoms with Gasteiger partial charge in [0.05, 0.1) is 0 Å². The number of nitrogens with zero attached hydrogens (tertiary/aromatic N) is 1. The molecule has 0 aliphatic heterocycles. The molecule has 0 fully saturated rings. The van der Waals surface area contributed by atoms with Crippen molar-refractivity contribution in [1.82, 2.24) is 4.90 Å². The van der Waals surface area contributed by atoms with Crippen molar-refractivity contribution in [2.75, 3.05) is 20.3 Å². The van der Waals surface area contributed by atoms with Crippen LogP contribution in [0.5, 0.6) is 0 Å². The topological polar surface area (TPSA) is 66.8 Å². The van der Waals surface area contributed by atoms with Crippen LogP contribution in [0.4, 0.5) is 0 Å². The van der Waals surface area contributed by atoms with E-state index >= 15 is 0 Å². The van der Waals surface area contributed by atoms with Crippen LogP contribution in [0.15, 0.2) is 30.3 Å². The number of amides is 1. The molecule has 0 aliphatic carbocycles. The van der Waals surface area contributed by atoms with Crippen molar-refractivity contribution in [3.63, 3.8) is 0 Å². The first-order valence-electron chi connectivity index (χ1n) is 10.2. The molecule has 1 aromatic carbocycles. The molecule has 5 nitrogen and oxygen atoms in total. The Morgan fingerprint density at radius 2 is 1.44 bits per heavy atom. The summed E-state index contributed by atoms with van der Waals surface area (Å²) in [5.74, 6) is -1.04. The second-order valence-electron chi connectivity index (χ2n) is 7.05. The number of rotatable bonds is 16. The second kappa shape index (κ2) is 15.2. The molecule has 0 spiro atoms. The Morgan fingerprint density at radius 3 is 2.00 bits per heavy atom. The summed E-state index contributed by atoms with van der Waals surface area (Å²) in [6.07, 6.45) is 10.8. The highest BCUT2D eigenvalue weighted by Crippen LogP contribution is 2.12. The maximum absolute atomic E-state index is 12.4. The number of carboxylic acids is 1. The molecule has 1 aromatic rings. The van der Waals surface area contributed by atoms with Gasteiger partial charge in [0.15, 0.2) is 0 Å².